The molecular weight excluding hydrogens is 297 g/mol. The predicted molar refractivity (Wildman–Crippen MR) is 80.9 cm³/mol. The molecule has 2 aromatic rings. The number of methoxy groups -OCH3 is 1. The van der Waals surface area contributed by atoms with Crippen molar-refractivity contribution in [1.29, 1.82) is 0 Å². The highest BCUT2D eigenvalue weighted by Crippen LogP contribution is 2.37. The fourth-order valence-electron chi connectivity index (χ4n) is 1.82. The van der Waals surface area contributed by atoms with Crippen LogP contribution in [-0.4, -0.2) is 12.1 Å². The summed E-state index contributed by atoms with van der Waals surface area (Å²) in [6.07, 6.45) is 0. The topological polar surface area (TPSA) is 31.4 Å². The molecule has 0 amide bonds. The van der Waals surface area contributed by atoms with Crippen molar-refractivity contribution < 1.29 is 9.47 Å². The Kier molecular flexibility index (Phi) is 5.10. The summed E-state index contributed by atoms with van der Waals surface area (Å²) in [5.41, 5.74) is 2.67. The van der Waals surface area contributed by atoms with Gasteiger partial charge in [-0.15, -0.1) is 11.6 Å². The van der Waals surface area contributed by atoms with Gasteiger partial charge >= 0.3 is 0 Å². The Bertz CT molecular complexity index is 602. The Morgan fingerprint density at radius 1 is 1.25 bits per heavy atom. The Morgan fingerprint density at radius 3 is 2.70 bits per heavy atom. The third kappa shape index (κ3) is 3.56. The summed E-state index contributed by atoms with van der Waals surface area (Å²) in [4.78, 5) is 4.38. The van der Waals surface area contributed by atoms with Gasteiger partial charge in [-0.05, 0) is 36.8 Å². The second kappa shape index (κ2) is 6.82. The van der Waals surface area contributed by atoms with E-state index in [-0.39, 0.29) is 0 Å². The van der Waals surface area contributed by atoms with Gasteiger partial charge in [-0.25, -0.2) is 0 Å². The third-order valence-electron chi connectivity index (χ3n) is 2.75. The summed E-state index contributed by atoms with van der Waals surface area (Å²) < 4.78 is 11.0. The van der Waals surface area contributed by atoms with E-state index >= 15 is 0 Å². The minimum Gasteiger partial charge on any atom is -0.493 e. The van der Waals surface area contributed by atoms with E-state index < -0.39 is 0 Å². The second-order valence-electron chi connectivity index (χ2n) is 4.30. The number of hydrogen-bond donors (Lipinski definition) is 0. The van der Waals surface area contributed by atoms with Gasteiger partial charge in [0.1, 0.15) is 6.61 Å². The quantitative estimate of drug-likeness (QED) is 0.768. The highest BCUT2D eigenvalue weighted by molar-refractivity contribution is 6.32. The average Bonchev–Trinajstić information content (AvgIpc) is 2.45. The maximum absolute atomic E-state index is 6.21. The summed E-state index contributed by atoms with van der Waals surface area (Å²) in [7, 11) is 1.57. The number of hydrogen-bond acceptors (Lipinski definition) is 3. The molecule has 0 unspecified atom stereocenters. The lowest BCUT2D eigenvalue weighted by atomic mass is 10.2. The van der Waals surface area contributed by atoms with Crippen LogP contribution in [0.25, 0.3) is 0 Å². The number of nitrogens with zero attached hydrogens (tertiary/aromatic N) is 1. The van der Waals surface area contributed by atoms with Crippen LogP contribution in [-0.2, 0) is 12.5 Å². The Balaban J connectivity index is 2.20. The molecule has 1 aromatic carbocycles. The predicted octanol–water partition coefficient (Wildman–Crippen LogP) is 4.37. The van der Waals surface area contributed by atoms with E-state index in [9.17, 15) is 0 Å². The Hall–Kier alpha value is -1.45. The van der Waals surface area contributed by atoms with Crippen LogP contribution in [0.3, 0.4) is 0 Å². The van der Waals surface area contributed by atoms with Gasteiger partial charge in [-0.1, -0.05) is 17.7 Å². The molecule has 0 saturated heterocycles. The molecule has 0 spiro atoms. The van der Waals surface area contributed by atoms with Gasteiger partial charge < -0.3 is 9.47 Å². The molecule has 106 valence electrons. The van der Waals surface area contributed by atoms with Crippen LogP contribution >= 0.6 is 23.2 Å². The molecule has 0 aliphatic heterocycles. The van der Waals surface area contributed by atoms with Crippen molar-refractivity contribution in [2.24, 2.45) is 0 Å². The van der Waals surface area contributed by atoms with Gasteiger partial charge in [0.15, 0.2) is 11.5 Å². The smallest absolute Gasteiger partial charge is 0.180 e. The number of pyridine rings is 1. The van der Waals surface area contributed by atoms with E-state index in [0.29, 0.717) is 29.0 Å². The van der Waals surface area contributed by atoms with E-state index in [1.54, 1.807) is 13.2 Å². The van der Waals surface area contributed by atoms with E-state index in [2.05, 4.69) is 4.98 Å². The zero-order valence-corrected chi connectivity index (χ0v) is 12.8. The highest BCUT2D eigenvalue weighted by atomic mass is 35.5. The molecular formula is C15H15Cl2NO2. The molecule has 0 bridgehead atoms. The first kappa shape index (κ1) is 14.9. The fraction of sp³-hybridized carbons (Fsp3) is 0.267. The van der Waals surface area contributed by atoms with Gasteiger partial charge in [0.2, 0.25) is 0 Å². The normalized spacial score (nSPS) is 10.4. The Morgan fingerprint density at radius 2 is 2.05 bits per heavy atom. The standard InChI is InChI=1S/C15H15Cl2NO2/c1-10-4-3-5-12(18-10)9-20-15-13(17)6-11(8-16)7-14(15)19-2/h3-7H,8-9H2,1-2H3. The lowest BCUT2D eigenvalue weighted by Crippen LogP contribution is -2.01. The van der Waals surface area contributed by atoms with E-state index in [4.69, 9.17) is 32.7 Å². The monoisotopic (exact) mass is 311 g/mol. The van der Waals surface area contributed by atoms with Gasteiger partial charge in [0, 0.05) is 11.6 Å². The van der Waals surface area contributed by atoms with E-state index in [1.165, 1.54) is 0 Å². The molecule has 0 aliphatic carbocycles. The van der Waals surface area contributed by atoms with Crippen molar-refractivity contribution in [1.82, 2.24) is 4.98 Å². The number of aromatic nitrogens is 1. The van der Waals surface area contributed by atoms with Gasteiger partial charge in [0.25, 0.3) is 0 Å². The number of halogens is 2. The number of aryl methyl sites for hydroxylation is 1. The van der Waals surface area contributed by atoms with E-state index in [1.807, 2.05) is 31.2 Å². The summed E-state index contributed by atoms with van der Waals surface area (Å²) in [6, 6.07) is 9.37. The SMILES string of the molecule is COc1cc(CCl)cc(Cl)c1OCc1cccc(C)n1. The molecule has 0 saturated carbocycles. The molecule has 0 atom stereocenters. The number of alkyl halides is 1. The molecule has 1 heterocycles. The highest BCUT2D eigenvalue weighted by Gasteiger charge is 2.12. The van der Waals surface area contributed by atoms with Gasteiger partial charge in [0.05, 0.1) is 17.8 Å². The molecule has 0 aliphatic rings. The van der Waals surface area contributed by atoms with Crippen LogP contribution in [0.5, 0.6) is 11.5 Å². The third-order valence-corrected chi connectivity index (χ3v) is 3.34. The summed E-state index contributed by atoms with van der Waals surface area (Å²) >= 11 is 12.0. The minimum atomic E-state index is 0.331. The summed E-state index contributed by atoms with van der Waals surface area (Å²) in [5, 5.41) is 0.479. The first-order chi connectivity index (χ1) is 9.63. The maximum Gasteiger partial charge on any atom is 0.180 e. The molecule has 2 rings (SSSR count). The molecule has 0 radical (unpaired) electrons. The van der Waals surface area contributed by atoms with Crippen LogP contribution in [0.1, 0.15) is 17.0 Å². The second-order valence-corrected chi connectivity index (χ2v) is 4.98. The molecule has 3 nitrogen and oxygen atoms in total. The van der Waals surface area contributed by atoms with Gasteiger partial charge in [-0.2, -0.15) is 0 Å². The van der Waals surface area contributed by atoms with Crippen molar-refractivity contribution in [3.05, 3.63) is 52.3 Å². The fourth-order valence-corrected chi connectivity index (χ4v) is 2.26. The van der Waals surface area contributed by atoms with Crippen LogP contribution < -0.4 is 9.47 Å². The molecule has 0 N–H and O–H groups in total. The van der Waals surface area contributed by atoms with Crippen molar-refractivity contribution in [3.8, 4) is 11.5 Å². The van der Waals surface area contributed by atoms with Crippen LogP contribution in [0.4, 0.5) is 0 Å². The van der Waals surface area contributed by atoms with Crippen LogP contribution in [0.2, 0.25) is 5.02 Å². The van der Waals surface area contributed by atoms with Crippen molar-refractivity contribution >= 4 is 23.2 Å². The lowest BCUT2D eigenvalue weighted by molar-refractivity contribution is 0.280. The first-order valence-electron chi connectivity index (χ1n) is 6.11. The average molecular weight is 312 g/mol. The molecule has 0 fully saturated rings. The maximum atomic E-state index is 6.21. The first-order valence-corrected chi connectivity index (χ1v) is 7.03. The lowest BCUT2D eigenvalue weighted by Gasteiger charge is -2.13. The molecule has 5 heteroatoms. The van der Waals surface area contributed by atoms with Crippen LogP contribution in [0.15, 0.2) is 30.3 Å². The van der Waals surface area contributed by atoms with Crippen molar-refractivity contribution in [3.63, 3.8) is 0 Å². The van der Waals surface area contributed by atoms with E-state index in [0.717, 1.165) is 17.0 Å². The largest absolute Gasteiger partial charge is 0.493 e. The minimum absolute atomic E-state index is 0.331. The van der Waals surface area contributed by atoms with Crippen LogP contribution in [0, 0.1) is 6.92 Å². The summed E-state index contributed by atoms with van der Waals surface area (Å²) in [6.45, 7) is 2.27. The Labute approximate surface area is 128 Å². The summed E-state index contributed by atoms with van der Waals surface area (Å²) in [5.74, 6) is 1.45. The number of benzene rings is 1. The van der Waals surface area contributed by atoms with Crippen molar-refractivity contribution in [2.45, 2.75) is 19.4 Å². The number of ether oxygens (including phenoxy) is 2. The molecule has 1 aromatic heterocycles. The van der Waals surface area contributed by atoms with Crippen molar-refractivity contribution in [2.75, 3.05) is 7.11 Å². The van der Waals surface area contributed by atoms with Gasteiger partial charge in [-0.3, -0.25) is 4.98 Å². The number of rotatable bonds is 5. The zero-order chi connectivity index (χ0) is 14.5. The molecule has 20 heavy (non-hydrogen) atoms. The zero-order valence-electron chi connectivity index (χ0n) is 11.3.